The zero-order chi connectivity index (χ0) is 35.7. The van der Waals surface area contributed by atoms with E-state index in [1.165, 1.54) is 17.2 Å². The molecule has 0 fully saturated rings. The zero-order valence-electron chi connectivity index (χ0n) is 29.0. The van der Waals surface area contributed by atoms with Crippen LogP contribution in [-0.2, 0) is 37.5 Å². The van der Waals surface area contributed by atoms with Crippen LogP contribution in [0, 0.1) is 0 Å². The van der Waals surface area contributed by atoms with Crippen LogP contribution < -0.4 is 14.8 Å². The van der Waals surface area contributed by atoms with Crippen molar-refractivity contribution >= 4 is 24.4 Å². The first-order chi connectivity index (χ1) is 24.3. The van der Waals surface area contributed by atoms with Gasteiger partial charge in [0.15, 0.2) is 17.8 Å². The molecular weight excluding hydrogens is 634 g/mol. The fraction of sp³-hybridized carbons (Fsp3) is 0.289. The Morgan fingerprint density at radius 3 is 2.02 bits per heavy atom. The van der Waals surface area contributed by atoms with Gasteiger partial charge in [0.2, 0.25) is 0 Å². The molecule has 1 atom stereocenters. The summed E-state index contributed by atoms with van der Waals surface area (Å²) in [6, 6.07) is 14.6. The van der Waals surface area contributed by atoms with Gasteiger partial charge in [0, 0.05) is 62.0 Å². The maximum absolute atomic E-state index is 10.1. The SMILES string of the molecule is CCn1cc(/C=C/C(=O)O)cn1.CCn1cc(/C=C/C2NCCc3cc(OCc4ccccc4)c(OC)cc32)cn1.CCn1cc(C=O)cn1. The van der Waals surface area contributed by atoms with Crippen molar-refractivity contribution in [1.29, 1.82) is 0 Å². The van der Waals surface area contributed by atoms with Crippen molar-refractivity contribution in [2.24, 2.45) is 0 Å². The summed E-state index contributed by atoms with van der Waals surface area (Å²) in [5.74, 6) is 0.615. The van der Waals surface area contributed by atoms with Crippen molar-refractivity contribution in [3.8, 4) is 11.5 Å². The summed E-state index contributed by atoms with van der Waals surface area (Å²) in [6.07, 6.45) is 19.3. The molecule has 0 bridgehead atoms. The lowest BCUT2D eigenvalue weighted by Crippen LogP contribution is -2.28. The van der Waals surface area contributed by atoms with Crippen molar-refractivity contribution in [2.75, 3.05) is 13.7 Å². The molecule has 2 aromatic carbocycles. The normalized spacial score (nSPS) is 13.6. The third-order valence-corrected chi connectivity index (χ3v) is 7.72. The number of nitrogens with one attached hydrogen (secondary N) is 1. The number of rotatable bonds is 12. The molecule has 1 unspecified atom stereocenters. The summed E-state index contributed by atoms with van der Waals surface area (Å²) in [5, 5.41) is 24.1. The summed E-state index contributed by atoms with van der Waals surface area (Å²) in [6.45, 7) is 9.97. The second-order valence-electron chi connectivity index (χ2n) is 11.2. The van der Waals surface area contributed by atoms with Gasteiger partial charge >= 0.3 is 5.97 Å². The standard InChI is InChI=1S/C24H27N3O2.C8H10N2O2.C6H8N2O/c1-3-27-16-19(15-26-27)9-10-22-21-14-23(28-2)24(13-20(21)11-12-25-22)29-17-18-7-5-4-6-8-18;1-2-10-6-7(5-9-10)3-4-8(11)12;1-2-8-4-6(5-9)3-7-8/h4-10,13-16,22,25H,3,11-12,17H2,1-2H3;3-6H,2H2,1H3,(H,11,12);3-5H,2H2,1H3/b10-9+;4-3+;. The third-order valence-electron chi connectivity index (χ3n) is 7.72. The Balaban J connectivity index is 0.000000218. The number of ether oxygens (including phenoxy) is 2. The van der Waals surface area contributed by atoms with Gasteiger partial charge in [0.25, 0.3) is 0 Å². The van der Waals surface area contributed by atoms with E-state index in [2.05, 4.69) is 70.2 Å². The number of hydrogen-bond donors (Lipinski definition) is 2. The molecule has 12 nitrogen and oxygen atoms in total. The number of carboxylic acid groups (broad SMARTS) is 1. The van der Waals surface area contributed by atoms with Gasteiger partial charge in [-0.2, -0.15) is 15.3 Å². The van der Waals surface area contributed by atoms with E-state index in [4.69, 9.17) is 14.6 Å². The lowest BCUT2D eigenvalue weighted by Gasteiger charge is -2.26. The van der Waals surface area contributed by atoms with Crippen molar-refractivity contribution in [3.63, 3.8) is 0 Å². The van der Waals surface area contributed by atoms with Gasteiger partial charge in [-0.05, 0) is 62.1 Å². The molecule has 12 heteroatoms. The van der Waals surface area contributed by atoms with Gasteiger partial charge < -0.3 is 19.9 Å². The molecule has 262 valence electrons. The number of methoxy groups -OCH3 is 1. The molecule has 5 aromatic rings. The van der Waals surface area contributed by atoms with Crippen LogP contribution in [0.1, 0.15) is 65.0 Å². The Hall–Kier alpha value is -5.75. The molecule has 1 aliphatic rings. The molecule has 3 aromatic heterocycles. The molecule has 0 saturated heterocycles. The number of carbonyl (C=O) groups excluding carboxylic acids is 1. The van der Waals surface area contributed by atoms with Gasteiger partial charge in [0.05, 0.1) is 37.3 Å². The minimum absolute atomic E-state index is 0.140. The maximum Gasteiger partial charge on any atom is 0.328 e. The molecule has 1 aliphatic heterocycles. The number of aryl methyl sites for hydroxylation is 3. The quantitative estimate of drug-likeness (QED) is 0.118. The van der Waals surface area contributed by atoms with E-state index < -0.39 is 5.97 Å². The number of aromatic nitrogens is 6. The van der Waals surface area contributed by atoms with Crippen LogP contribution in [0.3, 0.4) is 0 Å². The molecule has 2 N–H and O–H groups in total. The summed E-state index contributed by atoms with van der Waals surface area (Å²) in [5.41, 5.74) is 6.22. The summed E-state index contributed by atoms with van der Waals surface area (Å²) >= 11 is 0. The Morgan fingerprint density at radius 2 is 1.48 bits per heavy atom. The van der Waals surface area contributed by atoms with Gasteiger partial charge in [-0.25, -0.2) is 4.79 Å². The number of carboxylic acids is 1. The highest BCUT2D eigenvalue weighted by atomic mass is 16.5. The molecule has 4 heterocycles. The molecule has 0 aliphatic carbocycles. The van der Waals surface area contributed by atoms with Crippen LogP contribution >= 0.6 is 0 Å². The first-order valence-corrected chi connectivity index (χ1v) is 16.6. The smallest absolute Gasteiger partial charge is 0.328 e. The number of nitrogens with zero attached hydrogens (tertiary/aromatic N) is 6. The van der Waals surface area contributed by atoms with Crippen LogP contribution in [0.5, 0.6) is 11.5 Å². The van der Waals surface area contributed by atoms with Crippen molar-refractivity contribution < 1.29 is 24.2 Å². The van der Waals surface area contributed by atoms with Crippen LogP contribution in [0.25, 0.3) is 12.2 Å². The summed E-state index contributed by atoms with van der Waals surface area (Å²) in [7, 11) is 1.69. The number of benzene rings is 2. The van der Waals surface area contributed by atoms with Crippen LogP contribution in [0.15, 0.2) is 91.8 Å². The lowest BCUT2D eigenvalue weighted by atomic mass is 9.93. The lowest BCUT2D eigenvalue weighted by molar-refractivity contribution is -0.131. The van der Waals surface area contributed by atoms with E-state index in [0.717, 1.165) is 73.2 Å². The van der Waals surface area contributed by atoms with E-state index in [1.54, 1.807) is 41.3 Å². The van der Waals surface area contributed by atoms with Gasteiger partial charge in [-0.1, -0.05) is 42.5 Å². The largest absolute Gasteiger partial charge is 0.493 e. The number of hydrogen-bond acceptors (Lipinski definition) is 8. The number of carbonyl (C=O) groups is 2. The molecular formula is C38H45N7O5. The van der Waals surface area contributed by atoms with Crippen LogP contribution in [-0.4, -0.2) is 60.4 Å². The van der Waals surface area contributed by atoms with Crippen LogP contribution in [0.4, 0.5) is 0 Å². The molecule has 50 heavy (non-hydrogen) atoms. The molecule has 0 radical (unpaired) electrons. The first-order valence-electron chi connectivity index (χ1n) is 16.6. The Bertz CT molecular complexity index is 1860. The second kappa shape index (κ2) is 19.3. The minimum atomic E-state index is -0.945. The fourth-order valence-electron chi connectivity index (χ4n) is 5.04. The first kappa shape index (κ1) is 37.1. The predicted molar refractivity (Wildman–Crippen MR) is 193 cm³/mol. The highest BCUT2D eigenvalue weighted by Gasteiger charge is 2.21. The van der Waals surface area contributed by atoms with Crippen molar-refractivity contribution in [1.82, 2.24) is 34.7 Å². The van der Waals surface area contributed by atoms with Crippen molar-refractivity contribution in [3.05, 3.63) is 125 Å². The molecule has 0 amide bonds. The van der Waals surface area contributed by atoms with Crippen molar-refractivity contribution in [2.45, 2.75) is 59.5 Å². The van der Waals surface area contributed by atoms with Gasteiger partial charge in [0.1, 0.15) is 6.61 Å². The monoisotopic (exact) mass is 679 g/mol. The highest BCUT2D eigenvalue weighted by molar-refractivity contribution is 5.85. The van der Waals surface area contributed by atoms with Crippen LogP contribution in [0.2, 0.25) is 0 Å². The topological polar surface area (TPSA) is 138 Å². The number of aldehydes is 1. The number of fused-ring (bicyclic) bond motifs is 1. The van der Waals surface area contributed by atoms with Gasteiger partial charge in [-0.3, -0.25) is 18.8 Å². The van der Waals surface area contributed by atoms with E-state index in [9.17, 15) is 9.59 Å². The second-order valence-corrected chi connectivity index (χ2v) is 11.2. The molecule has 0 spiro atoms. The average molecular weight is 680 g/mol. The van der Waals surface area contributed by atoms with E-state index in [-0.39, 0.29) is 6.04 Å². The highest BCUT2D eigenvalue weighted by Crippen LogP contribution is 2.36. The van der Waals surface area contributed by atoms with Gasteiger partial charge in [-0.15, -0.1) is 0 Å². The Labute approximate surface area is 292 Å². The third kappa shape index (κ3) is 11.2. The maximum atomic E-state index is 10.1. The van der Waals surface area contributed by atoms with E-state index in [0.29, 0.717) is 12.2 Å². The Kier molecular flexibility index (Phi) is 14.3. The zero-order valence-corrected chi connectivity index (χ0v) is 29.0. The Morgan fingerprint density at radius 1 is 0.880 bits per heavy atom. The summed E-state index contributed by atoms with van der Waals surface area (Å²) < 4.78 is 17.1. The minimum Gasteiger partial charge on any atom is -0.493 e. The van der Waals surface area contributed by atoms with E-state index in [1.807, 2.05) is 42.9 Å². The number of aliphatic carboxylic acids is 1. The predicted octanol–water partition coefficient (Wildman–Crippen LogP) is 6.11. The summed E-state index contributed by atoms with van der Waals surface area (Å²) in [4.78, 5) is 20.2. The molecule has 0 saturated carbocycles. The fourth-order valence-corrected chi connectivity index (χ4v) is 5.04. The molecule has 6 rings (SSSR count). The average Bonchev–Trinajstić information content (AvgIpc) is 3.94. The van der Waals surface area contributed by atoms with E-state index >= 15 is 0 Å².